The van der Waals surface area contributed by atoms with Gasteiger partial charge in [-0.15, -0.1) is 0 Å². The molecule has 0 rings (SSSR count). The summed E-state index contributed by atoms with van der Waals surface area (Å²) in [6.07, 6.45) is -0.412. The van der Waals surface area contributed by atoms with Crippen molar-refractivity contribution < 1.29 is 13.6 Å². The van der Waals surface area contributed by atoms with Gasteiger partial charge in [-0.1, -0.05) is 13.8 Å². The smallest absolute Gasteiger partial charge is 0.256 e. The lowest BCUT2D eigenvalue weighted by molar-refractivity contribution is -0.118. The first kappa shape index (κ1) is 8.53. The quantitative estimate of drug-likeness (QED) is 0.541. The number of carbonyl (C=O) groups excluding carboxylic acids is 1. The molecule has 0 aromatic rings. The summed E-state index contributed by atoms with van der Waals surface area (Å²) in [4.78, 5) is 9.64. The van der Waals surface area contributed by atoms with E-state index in [0.717, 1.165) is 0 Å². The van der Waals surface area contributed by atoms with Crippen molar-refractivity contribution in [1.29, 1.82) is 0 Å². The Balaban J connectivity index is 3.84. The average molecular weight is 136 g/mol. The van der Waals surface area contributed by atoms with Gasteiger partial charge in [0.05, 0.1) is 6.42 Å². The Kier molecular flexibility index (Phi) is 2.74. The Bertz CT molecular complexity index is 99.2. The zero-order chi connectivity index (χ0) is 7.49. The van der Waals surface area contributed by atoms with E-state index in [1.807, 2.05) is 0 Å². The summed E-state index contributed by atoms with van der Waals surface area (Å²) in [5.41, 5.74) is 0. The monoisotopic (exact) mass is 136 g/mol. The molecule has 54 valence electrons. The summed E-state index contributed by atoms with van der Waals surface area (Å²) in [6.45, 7) is 2.78. The standard InChI is InChI=1S/C6H10F2O/c1-5(2)6(7,8)3-4-9/h4-5H,3H2,1-2H3. The summed E-state index contributed by atoms with van der Waals surface area (Å²) >= 11 is 0. The molecule has 0 unspecified atom stereocenters. The molecule has 0 aromatic carbocycles. The predicted octanol–water partition coefficient (Wildman–Crippen LogP) is 1.87. The number of aldehydes is 1. The van der Waals surface area contributed by atoms with Gasteiger partial charge in [-0.05, 0) is 0 Å². The lowest BCUT2D eigenvalue weighted by Crippen LogP contribution is -2.23. The lowest BCUT2D eigenvalue weighted by atomic mass is 10.0. The van der Waals surface area contributed by atoms with E-state index in [4.69, 9.17) is 0 Å². The Morgan fingerprint density at radius 3 is 2.11 bits per heavy atom. The van der Waals surface area contributed by atoms with Crippen LogP contribution in [0.3, 0.4) is 0 Å². The van der Waals surface area contributed by atoms with Gasteiger partial charge in [0.25, 0.3) is 5.92 Å². The van der Waals surface area contributed by atoms with Crippen molar-refractivity contribution in [2.45, 2.75) is 26.2 Å². The normalized spacial score (nSPS) is 12.1. The van der Waals surface area contributed by atoms with Gasteiger partial charge in [0.15, 0.2) is 0 Å². The molecule has 0 amide bonds. The van der Waals surface area contributed by atoms with Gasteiger partial charge < -0.3 is 4.79 Å². The lowest BCUT2D eigenvalue weighted by Gasteiger charge is -2.16. The van der Waals surface area contributed by atoms with Crippen molar-refractivity contribution in [1.82, 2.24) is 0 Å². The minimum absolute atomic E-state index is 0.250. The van der Waals surface area contributed by atoms with Crippen LogP contribution in [-0.2, 0) is 4.79 Å². The molecule has 0 N–H and O–H groups in total. The van der Waals surface area contributed by atoms with E-state index < -0.39 is 18.3 Å². The summed E-state index contributed by atoms with van der Waals surface area (Å²) in [5, 5.41) is 0. The highest BCUT2D eigenvalue weighted by Crippen LogP contribution is 2.26. The molecule has 0 aliphatic heterocycles. The van der Waals surface area contributed by atoms with Crippen LogP contribution in [0, 0.1) is 5.92 Å². The zero-order valence-electron chi connectivity index (χ0n) is 5.53. The Labute approximate surface area is 53.1 Å². The van der Waals surface area contributed by atoms with Crippen LogP contribution in [0.25, 0.3) is 0 Å². The molecule has 0 saturated heterocycles. The Morgan fingerprint density at radius 2 is 2.00 bits per heavy atom. The summed E-state index contributed by atoms with van der Waals surface area (Å²) in [5.74, 6) is -3.57. The second-order valence-electron chi connectivity index (χ2n) is 2.29. The number of halogens is 2. The minimum atomic E-state index is -2.82. The first-order chi connectivity index (χ1) is 4.00. The average Bonchev–Trinajstić information content (AvgIpc) is 1.65. The van der Waals surface area contributed by atoms with Crippen molar-refractivity contribution in [3.05, 3.63) is 0 Å². The molecule has 0 saturated carbocycles. The fourth-order valence-corrected chi connectivity index (χ4v) is 0.347. The molecule has 0 fully saturated rings. The van der Waals surface area contributed by atoms with Gasteiger partial charge in [0.1, 0.15) is 6.29 Å². The molecule has 3 heteroatoms. The van der Waals surface area contributed by atoms with Crippen molar-refractivity contribution >= 4 is 6.29 Å². The van der Waals surface area contributed by atoms with Gasteiger partial charge >= 0.3 is 0 Å². The fourth-order valence-electron chi connectivity index (χ4n) is 0.347. The molecule has 0 heterocycles. The third kappa shape index (κ3) is 2.54. The molecular weight excluding hydrogens is 126 g/mol. The molecule has 9 heavy (non-hydrogen) atoms. The topological polar surface area (TPSA) is 17.1 Å². The Hall–Kier alpha value is -0.470. The van der Waals surface area contributed by atoms with E-state index in [-0.39, 0.29) is 6.29 Å². The van der Waals surface area contributed by atoms with Crippen LogP contribution in [0.15, 0.2) is 0 Å². The Morgan fingerprint density at radius 1 is 1.56 bits per heavy atom. The molecular formula is C6H10F2O. The molecule has 0 bridgehead atoms. The number of alkyl halides is 2. The van der Waals surface area contributed by atoms with E-state index >= 15 is 0 Å². The summed E-state index contributed by atoms with van der Waals surface area (Å²) in [6, 6.07) is 0. The molecule has 0 aliphatic carbocycles. The van der Waals surface area contributed by atoms with Crippen LogP contribution in [0.5, 0.6) is 0 Å². The van der Waals surface area contributed by atoms with Gasteiger partial charge in [0.2, 0.25) is 0 Å². The minimum Gasteiger partial charge on any atom is -0.303 e. The predicted molar refractivity (Wildman–Crippen MR) is 30.5 cm³/mol. The largest absolute Gasteiger partial charge is 0.303 e. The van der Waals surface area contributed by atoms with Crippen LogP contribution in [0.1, 0.15) is 20.3 Å². The molecule has 0 radical (unpaired) electrons. The molecule has 0 spiro atoms. The van der Waals surface area contributed by atoms with E-state index in [0.29, 0.717) is 0 Å². The van der Waals surface area contributed by atoms with Crippen molar-refractivity contribution in [3.63, 3.8) is 0 Å². The van der Waals surface area contributed by atoms with Crippen LogP contribution >= 0.6 is 0 Å². The number of hydrogen-bond donors (Lipinski definition) is 0. The van der Waals surface area contributed by atoms with Gasteiger partial charge in [0, 0.05) is 5.92 Å². The number of rotatable bonds is 3. The van der Waals surface area contributed by atoms with Crippen LogP contribution in [0.2, 0.25) is 0 Å². The number of hydrogen-bond acceptors (Lipinski definition) is 1. The molecule has 1 nitrogen and oxygen atoms in total. The van der Waals surface area contributed by atoms with E-state index in [1.165, 1.54) is 13.8 Å². The maximum atomic E-state index is 12.3. The van der Waals surface area contributed by atoms with E-state index in [9.17, 15) is 13.6 Å². The van der Waals surface area contributed by atoms with Crippen LogP contribution < -0.4 is 0 Å². The van der Waals surface area contributed by atoms with Crippen LogP contribution in [-0.4, -0.2) is 12.2 Å². The van der Waals surface area contributed by atoms with Crippen LogP contribution in [0.4, 0.5) is 8.78 Å². The first-order valence-electron chi connectivity index (χ1n) is 2.82. The van der Waals surface area contributed by atoms with Gasteiger partial charge in [-0.25, -0.2) is 8.78 Å². The highest BCUT2D eigenvalue weighted by atomic mass is 19.3. The van der Waals surface area contributed by atoms with Crippen molar-refractivity contribution in [2.24, 2.45) is 5.92 Å². The fraction of sp³-hybridized carbons (Fsp3) is 0.833. The second-order valence-corrected chi connectivity index (χ2v) is 2.29. The van der Waals surface area contributed by atoms with Crippen molar-refractivity contribution in [2.75, 3.05) is 0 Å². The van der Waals surface area contributed by atoms with E-state index in [2.05, 4.69) is 0 Å². The summed E-state index contributed by atoms with van der Waals surface area (Å²) < 4.78 is 24.6. The van der Waals surface area contributed by atoms with Crippen molar-refractivity contribution in [3.8, 4) is 0 Å². The first-order valence-corrected chi connectivity index (χ1v) is 2.82. The highest BCUT2D eigenvalue weighted by Gasteiger charge is 2.32. The maximum absolute atomic E-state index is 12.3. The molecule has 0 atom stereocenters. The molecule has 0 aromatic heterocycles. The van der Waals surface area contributed by atoms with E-state index in [1.54, 1.807) is 0 Å². The molecule has 0 aliphatic rings. The van der Waals surface area contributed by atoms with Gasteiger partial charge in [-0.2, -0.15) is 0 Å². The second kappa shape index (κ2) is 2.90. The summed E-state index contributed by atoms with van der Waals surface area (Å²) in [7, 11) is 0. The maximum Gasteiger partial charge on any atom is 0.256 e. The third-order valence-electron chi connectivity index (χ3n) is 1.20. The SMILES string of the molecule is CC(C)C(F)(F)CC=O. The zero-order valence-corrected chi connectivity index (χ0v) is 5.53. The highest BCUT2D eigenvalue weighted by molar-refractivity contribution is 5.50. The third-order valence-corrected chi connectivity index (χ3v) is 1.20. The number of carbonyl (C=O) groups is 1. The van der Waals surface area contributed by atoms with Gasteiger partial charge in [-0.3, -0.25) is 0 Å².